The van der Waals surface area contributed by atoms with Gasteiger partial charge < -0.3 is 5.32 Å². The summed E-state index contributed by atoms with van der Waals surface area (Å²) in [6.07, 6.45) is 2.83. The molecule has 0 atom stereocenters. The lowest BCUT2D eigenvalue weighted by atomic mass is 10.0. The lowest BCUT2D eigenvalue weighted by Gasteiger charge is -2.32. The number of aromatic amines is 1. The molecule has 0 bridgehead atoms. The third-order valence-corrected chi connectivity index (χ3v) is 4.99. The van der Waals surface area contributed by atoms with Gasteiger partial charge in [-0.05, 0) is 48.9 Å². The summed E-state index contributed by atoms with van der Waals surface area (Å²) in [6.45, 7) is 7.19. The van der Waals surface area contributed by atoms with E-state index in [0.29, 0.717) is 11.6 Å². The molecule has 0 aliphatic carbocycles. The quantitative estimate of drug-likeness (QED) is 0.811. The van der Waals surface area contributed by atoms with Crippen LogP contribution >= 0.6 is 11.6 Å². The maximum Gasteiger partial charge on any atom is 0.271 e. The van der Waals surface area contributed by atoms with E-state index >= 15 is 0 Å². The molecule has 5 nitrogen and oxygen atoms in total. The number of hydrogen-bond donors (Lipinski definition) is 2. The van der Waals surface area contributed by atoms with Crippen molar-refractivity contribution in [2.24, 2.45) is 5.92 Å². The van der Waals surface area contributed by atoms with Gasteiger partial charge in [-0.2, -0.15) is 5.10 Å². The van der Waals surface area contributed by atoms with Crippen LogP contribution in [0.1, 0.15) is 48.4 Å². The average molecular weight is 375 g/mol. The largest absolute Gasteiger partial charge is 0.348 e. The van der Waals surface area contributed by atoms with Crippen LogP contribution in [0.15, 0.2) is 30.3 Å². The van der Waals surface area contributed by atoms with Crippen molar-refractivity contribution in [2.75, 3.05) is 13.1 Å². The smallest absolute Gasteiger partial charge is 0.271 e. The predicted octanol–water partition coefficient (Wildman–Crippen LogP) is 3.66. The second kappa shape index (κ2) is 8.69. The van der Waals surface area contributed by atoms with Crippen molar-refractivity contribution in [3.8, 4) is 0 Å². The maximum atomic E-state index is 12.4. The van der Waals surface area contributed by atoms with E-state index < -0.39 is 0 Å². The second-order valence-corrected chi connectivity index (χ2v) is 7.96. The molecule has 0 spiro atoms. The van der Waals surface area contributed by atoms with Gasteiger partial charge in [0.05, 0.1) is 0 Å². The molecule has 0 radical (unpaired) electrons. The maximum absolute atomic E-state index is 12.4. The first-order valence-electron chi connectivity index (χ1n) is 9.31. The molecule has 1 aromatic heterocycles. The highest BCUT2D eigenvalue weighted by Crippen LogP contribution is 2.16. The van der Waals surface area contributed by atoms with Gasteiger partial charge in [-0.15, -0.1) is 0 Å². The van der Waals surface area contributed by atoms with Crippen LogP contribution in [0.5, 0.6) is 0 Å². The molecule has 1 amide bonds. The molecule has 1 fully saturated rings. The summed E-state index contributed by atoms with van der Waals surface area (Å²) in [7, 11) is 0. The fourth-order valence-corrected chi connectivity index (χ4v) is 3.49. The molecule has 1 saturated heterocycles. The SMILES string of the molecule is CC(C)Cc1cc(C(=O)NC2CCN(Cc3ccc(Cl)cc3)CC2)n[nH]1. The van der Waals surface area contributed by atoms with Crippen LogP contribution in [0.3, 0.4) is 0 Å². The van der Waals surface area contributed by atoms with Crippen LogP contribution in [0.2, 0.25) is 5.02 Å². The minimum atomic E-state index is -0.0765. The molecule has 2 heterocycles. The molecule has 1 aliphatic rings. The van der Waals surface area contributed by atoms with Gasteiger partial charge in [0.15, 0.2) is 0 Å². The van der Waals surface area contributed by atoms with E-state index in [-0.39, 0.29) is 11.9 Å². The van der Waals surface area contributed by atoms with Crippen LogP contribution in [0.4, 0.5) is 0 Å². The lowest BCUT2D eigenvalue weighted by molar-refractivity contribution is 0.0904. The third-order valence-electron chi connectivity index (χ3n) is 4.73. The van der Waals surface area contributed by atoms with E-state index in [1.165, 1.54) is 5.56 Å². The first-order chi connectivity index (χ1) is 12.5. The standard InChI is InChI=1S/C20H27ClN4O/c1-14(2)11-18-12-19(24-23-18)20(26)22-17-7-9-25(10-8-17)13-15-3-5-16(21)6-4-15/h3-6,12,14,17H,7-11,13H2,1-2H3,(H,22,26)(H,23,24). The normalized spacial score (nSPS) is 16.2. The van der Waals surface area contributed by atoms with Gasteiger partial charge in [-0.1, -0.05) is 37.6 Å². The monoisotopic (exact) mass is 374 g/mol. The number of aromatic nitrogens is 2. The molecule has 1 aliphatic heterocycles. The first kappa shape index (κ1) is 18.9. The van der Waals surface area contributed by atoms with Crippen molar-refractivity contribution in [3.05, 3.63) is 52.3 Å². The highest BCUT2D eigenvalue weighted by Gasteiger charge is 2.22. The zero-order valence-corrected chi connectivity index (χ0v) is 16.2. The number of amides is 1. The summed E-state index contributed by atoms with van der Waals surface area (Å²) >= 11 is 5.94. The Kier molecular flexibility index (Phi) is 6.33. The fraction of sp³-hybridized carbons (Fsp3) is 0.500. The minimum Gasteiger partial charge on any atom is -0.348 e. The third kappa shape index (κ3) is 5.32. The Bertz CT molecular complexity index is 718. The van der Waals surface area contributed by atoms with Gasteiger partial charge in [0, 0.05) is 36.4 Å². The molecule has 140 valence electrons. The van der Waals surface area contributed by atoms with Gasteiger partial charge in [-0.25, -0.2) is 0 Å². The van der Waals surface area contributed by atoms with E-state index in [2.05, 4.69) is 46.4 Å². The topological polar surface area (TPSA) is 61.0 Å². The number of carbonyl (C=O) groups is 1. The molecule has 2 N–H and O–H groups in total. The number of hydrogen-bond acceptors (Lipinski definition) is 3. The van der Waals surface area contributed by atoms with Crippen molar-refractivity contribution < 1.29 is 4.79 Å². The summed E-state index contributed by atoms with van der Waals surface area (Å²) in [5.41, 5.74) is 2.78. The van der Waals surface area contributed by atoms with E-state index in [1.807, 2.05) is 18.2 Å². The molecule has 0 unspecified atom stereocenters. The van der Waals surface area contributed by atoms with Gasteiger partial charge in [0.25, 0.3) is 5.91 Å². The number of nitrogens with zero attached hydrogens (tertiary/aromatic N) is 2. The number of likely N-dealkylation sites (tertiary alicyclic amines) is 1. The van der Waals surface area contributed by atoms with Crippen molar-refractivity contribution in [1.82, 2.24) is 20.4 Å². The Labute approximate surface area is 160 Å². The first-order valence-corrected chi connectivity index (χ1v) is 9.69. The van der Waals surface area contributed by atoms with Gasteiger partial charge >= 0.3 is 0 Å². The Morgan fingerprint density at radius 2 is 2.00 bits per heavy atom. The summed E-state index contributed by atoms with van der Waals surface area (Å²) in [5.74, 6) is 0.462. The van der Waals surface area contributed by atoms with E-state index in [1.54, 1.807) is 0 Å². The van der Waals surface area contributed by atoms with E-state index in [9.17, 15) is 4.79 Å². The molecule has 3 rings (SSSR count). The Hall–Kier alpha value is -1.85. The van der Waals surface area contributed by atoms with E-state index in [0.717, 1.165) is 49.6 Å². The number of H-pyrrole nitrogens is 1. The average Bonchev–Trinajstić information content (AvgIpc) is 3.06. The number of benzene rings is 1. The van der Waals surface area contributed by atoms with Crippen molar-refractivity contribution in [2.45, 2.75) is 45.7 Å². The second-order valence-electron chi connectivity index (χ2n) is 7.53. The number of piperidine rings is 1. The van der Waals surface area contributed by atoms with Gasteiger partial charge in [0.1, 0.15) is 5.69 Å². The molecule has 26 heavy (non-hydrogen) atoms. The molecule has 6 heteroatoms. The van der Waals surface area contributed by atoms with Crippen LogP contribution < -0.4 is 5.32 Å². The minimum absolute atomic E-state index is 0.0765. The number of halogens is 1. The molecule has 2 aromatic rings. The highest BCUT2D eigenvalue weighted by atomic mass is 35.5. The Morgan fingerprint density at radius 1 is 1.31 bits per heavy atom. The lowest BCUT2D eigenvalue weighted by Crippen LogP contribution is -2.44. The Balaban J connectivity index is 1.45. The zero-order chi connectivity index (χ0) is 18.5. The van der Waals surface area contributed by atoms with Crippen molar-refractivity contribution >= 4 is 17.5 Å². The number of nitrogens with one attached hydrogen (secondary N) is 2. The van der Waals surface area contributed by atoms with Crippen molar-refractivity contribution in [3.63, 3.8) is 0 Å². The molecular weight excluding hydrogens is 348 g/mol. The van der Waals surface area contributed by atoms with Crippen LogP contribution in [0, 0.1) is 5.92 Å². The summed E-state index contributed by atoms with van der Waals surface area (Å²) < 4.78 is 0. The summed E-state index contributed by atoms with van der Waals surface area (Å²) in [6, 6.07) is 10.1. The number of rotatable bonds is 6. The predicted molar refractivity (Wildman–Crippen MR) is 104 cm³/mol. The fourth-order valence-electron chi connectivity index (χ4n) is 3.37. The van der Waals surface area contributed by atoms with E-state index in [4.69, 9.17) is 11.6 Å². The molecule has 0 saturated carbocycles. The Morgan fingerprint density at radius 3 is 2.65 bits per heavy atom. The summed E-state index contributed by atoms with van der Waals surface area (Å²) in [5, 5.41) is 11.0. The summed E-state index contributed by atoms with van der Waals surface area (Å²) in [4.78, 5) is 14.8. The van der Waals surface area contributed by atoms with Crippen LogP contribution in [-0.4, -0.2) is 40.1 Å². The van der Waals surface area contributed by atoms with Gasteiger partial charge in [-0.3, -0.25) is 14.8 Å². The zero-order valence-electron chi connectivity index (χ0n) is 15.5. The molecule has 1 aromatic carbocycles. The highest BCUT2D eigenvalue weighted by molar-refractivity contribution is 6.30. The molecular formula is C20H27ClN4O. The van der Waals surface area contributed by atoms with Crippen molar-refractivity contribution in [1.29, 1.82) is 0 Å². The number of carbonyl (C=O) groups excluding carboxylic acids is 1. The van der Waals surface area contributed by atoms with Crippen LogP contribution in [-0.2, 0) is 13.0 Å². The van der Waals surface area contributed by atoms with Crippen LogP contribution in [0.25, 0.3) is 0 Å². The van der Waals surface area contributed by atoms with Gasteiger partial charge in [0.2, 0.25) is 0 Å².